The number of hydrogen-bond donors (Lipinski definition) is 1. The third-order valence-corrected chi connectivity index (χ3v) is 4.97. The molecule has 2 aromatic rings. The highest BCUT2D eigenvalue weighted by molar-refractivity contribution is 9.10. The lowest BCUT2D eigenvalue weighted by molar-refractivity contribution is -0.384. The summed E-state index contributed by atoms with van der Waals surface area (Å²) >= 11 is 10.6. The first-order valence-electron chi connectivity index (χ1n) is 6.91. The molecule has 1 N–H and O–H groups in total. The third-order valence-electron chi connectivity index (χ3n) is 3.19. The Morgan fingerprint density at radius 3 is 2.64 bits per heavy atom. The molecule has 0 atom stereocenters. The molecule has 3 rings (SSSR count). The van der Waals surface area contributed by atoms with Crippen LogP contribution in [0.1, 0.15) is 5.56 Å². The lowest BCUT2D eigenvalue weighted by atomic mass is 10.2. The first-order chi connectivity index (χ1) is 11.9. The molecule has 1 heterocycles. The fraction of sp³-hybridized carbons (Fsp3) is 0. The molecule has 0 spiro atoms. The van der Waals surface area contributed by atoms with Gasteiger partial charge in [-0.15, -0.1) is 0 Å². The summed E-state index contributed by atoms with van der Waals surface area (Å²) < 4.78 is 0.931. The van der Waals surface area contributed by atoms with E-state index >= 15 is 0 Å². The van der Waals surface area contributed by atoms with E-state index in [1.54, 1.807) is 0 Å². The maximum atomic E-state index is 12.1. The maximum Gasteiger partial charge on any atom is 0.270 e. The number of nitrogens with zero attached hydrogens (tertiary/aromatic N) is 2. The van der Waals surface area contributed by atoms with E-state index in [9.17, 15) is 14.9 Å². The van der Waals surface area contributed by atoms with Crippen molar-refractivity contribution in [1.29, 1.82) is 0 Å². The predicted molar refractivity (Wildman–Crippen MR) is 103 cm³/mol. The van der Waals surface area contributed by atoms with Crippen LogP contribution in [0, 0.1) is 10.1 Å². The molecule has 0 radical (unpaired) electrons. The van der Waals surface area contributed by atoms with Gasteiger partial charge in [0.25, 0.3) is 11.6 Å². The van der Waals surface area contributed by atoms with Gasteiger partial charge < -0.3 is 5.32 Å². The van der Waals surface area contributed by atoms with Crippen LogP contribution in [0.4, 0.5) is 11.4 Å². The number of hydrogen-bond acceptors (Lipinski definition) is 5. The van der Waals surface area contributed by atoms with Crippen molar-refractivity contribution in [1.82, 2.24) is 5.32 Å². The van der Waals surface area contributed by atoms with Gasteiger partial charge in [0.05, 0.1) is 15.5 Å². The van der Waals surface area contributed by atoms with Crippen LogP contribution in [-0.2, 0) is 4.79 Å². The number of aliphatic imine (C=N–C) groups is 1. The fourth-order valence-corrected chi connectivity index (χ4v) is 3.28. The zero-order chi connectivity index (χ0) is 18.0. The molecule has 0 aliphatic carbocycles. The van der Waals surface area contributed by atoms with Crippen LogP contribution in [0.25, 0.3) is 6.08 Å². The van der Waals surface area contributed by atoms with Crippen molar-refractivity contribution in [3.05, 3.63) is 72.5 Å². The number of nitro groups is 1. The van der Waals surface area contributed by atoms with Gasteiger partial charge in [-0.3, -0.25) is 14.9 Å². The molecule has 0 unspecified atom stereocenters. The number of halogens is 2. The highest BCUT2D eigenvalue weighted by Crippen LogP contribution is 2.31. The van der Waals surface area contributed by atoms with Gasteiger partial charge in [-0.25, -0.2) is 4.99 Å². The molecule has 1 amide bonds. The Morgan fingerprint density at radius 1 is 1.24 bits per heavy atom. The van der Waals surface area contributed by atoms with E-state index in [1.807, 2.05) is 24.3 Å². The lowest BCUT2D eigenvalue weighted by Gasteiger charge is -1.99. The molecule has 0 saturated carbocycles. The number of nitrogens with one attached hydrogen (secondary N) is 1. The summed E-state index contributed by atoms with van der Waals surface area (Å²) in [5.74, 6) is -0.330. The minimum absolute atomic E-state index is 0.0941. The Bertz CT molecular complexity index is 929. The second-order valence-corrected chi connectivity index (χ2v) is 7.27. The largest absolute Gasteiger partial charge is 0.300 e. The first kappa shape index (κ1) is 17.7. The number of non-ortho nitro benzene ring substituents is 1. The number of thioether (sulfide) groups is 1. The zero-order valence-corrected chi connectivity index (χ0v) is 15.6. The molecule has 25 heavy (non-hydrogen) atoms. The Kier molecular flexibility index (Phi) is 5.22. The van der Waals surface area contributed by atoms with E-state index in [1.165, 1.54) is 24.3 Å². The van der Waals surface area contributed by atoms with Gasteiger partial charge in [-0.05, 0) is 48.2 Å². The minimum Gasteiger partial charge on any atom is -0.300 e. The van der Waals surface area contributed by atoms with E-state index < -0.39 is 4.92 Å². The van der Waals surface area contributed by atoms with Crippen molar-refractivity contribution >= 4 is 67.8 Å². The third kappa shape index (κ3) is 4.28. The van der Waals surface area contributed by atoms with Crippen molar-refractivity contribution in [2.24, 2.45) is 4.99 Å². The number of carbonyl (C=O) groups excluding carboxylic acids is 1. The SMILES string of the molecule is O=C1NC(=Nc2ccc(Br)cc2)S/C1=C\c1cc([N+](=O)[O-])ccc1Cl. The van der Waals surface area contributed by atoms with E-state index in [4.69, 9.17) is 11.6 Å². The van der Waals surface area contributed by atoms with Gasteiger partial charge in [-0.2, -0.15) is 0 Å². The number of amides is 1. The summed E-state index contributed by atoms with van der Waals surface area (Å²) in [6.07, 6.45) is 1.51. The van der Waals surface area contributed by atoms with Crippen LogP contribution in [-0.4, -0.2) is 16.0 Å². The maximum absolute atomic E-state index is 12.1. The van der Waals surface area contributed by atoms with Crippen molar-refractivity contribution < 1.29 is 9.72 Å². The Labute approximate surface area is 160 Å². The van der Waals surface area contributed by atoms with E-state index in [-0.39, 0.29) is 11.6 Å². The van der Waals surface area contributed by atoms with E-state index in [2.05, 4.69) is 26.2 Å². The second-order valence-electron chi connectivity index (χ2n) is 4.92. The van der Waals surface area contributed by atoms with Gasteiger partial charge in [0, 0.05) is 27.2 Å². The van der Waals surface area contributed by atoms with Crippen molar-refractivity contribution in [3.63, 3.8) is 0 Å². The number of rotatable bonds is 3. The summed E-state index contributed by atoms with van der Waals surface area (Å²) in [4.78, 5) is 27.2. The molecular weight excluding hydrogens is 430 g/mol. The summed E-state index contributed by atoms with van der Waals surface area (Å²) in [6.45, 7) is 0. The van der Waals surface area contributed by atoms with Crippen LogP contribution < -0.4 is 5.32 Å². The van der Waals surface area contributed by atoms with Crippen LogP contribution in [0.3, 0.4) is 0 Å². The normalized spacial score (nSPS) is 17.1. The number of carbonyl (C=O) groups is 1. The lowest BCUT2D eigenvalue weighted by Crippen LogP contribution is -2.19. The average Bonchev–Trinajstić information content (AvgIpc) is 2.91. The molecule has 0 aromatic heterocycles. The van der Waals surface area contributed by atoms with Gasteiger partial charge in [0.2, 0.25) is 0 Å². The highest BCUT2D eigenvalue weighted by atomic mass is 79.9. The Balaban J connectivity index is 1.88. The molecule has 1 aliphatic heterocycles. The summed E-state index contributed by atoms with van der Waals surface area (Å²) in [5.41, 5.74) is 1.00. The van der Waals surface area contributed by atoms with Crippen molar-refractivity contribution in [3.8, 4) is 0 Å². The van der Waals surface area contributed by atoms with Crippen molar-refractivity contribution in [2.75, 3.05) is 0 Å². The van der Waals surface area contributed by atoms with E-state index in [0.29, 0.717) is 26.3 Å². The average molecular weight is 439 g/mol. The molecule has 1 saturated heterocycles. The Morgan fingerprint density at radius 2 is 1.96 bits per heavy atom. The van der Waals surface area contributed by atoms with Crippen LogP contribution in [0.5, 0.6) is 0 Å². The number of benzene rings is 2. The van der Waals surface area contributed by atoms with Crippen LogP contribution in [0.15, 0.2) is 56.8 Å². The first-order valence-corrected chi connectivity index (χ1v) is 8.90. The number of nitro benzene ring substituents is 1. The number of amidine groups is 1. The van der Waals surface area contributed by atoms with Gasteiger partial charge in [0.15, 0.2) is 5.17 Å². The molecule has 0 bridgehead atoms. The highest BCUT2D eigenvalue weighted by Gasteiger charge is 2.24. The molecule has 2 aromatic carbocycles. The van der Waals surface area contributed by atoms with Gasteiger partial charge >= 0.3 is 0 Å². The Hall–Kier alpha value is -2.16. The molecule has 9 heteroatoms. The monoisotopic (exact) mass is 437 g/mol. The van der Waals surface area contributed by atoms with Gasteiger partial charge in [0.1, 0.15) is 0 Å². The molecule has 1 fully saturated rings. The van der Waals surface area contributed by atoms with Crippen LogP contribution in [0.2, 0.25) is 5.02 Å². The second kappa shape index (κ2) is 7.38. The minimum atomic E-state index is -0.513. The zero-order valence-electron chi connectivity index (χ0n) is 12.4. The standard InChI is InChI=1S/C16H9BrClN3O3S/c17-10-1-3-11(4-2-10)19-16-20-15(22)14(25-16)8-9-7-12(21(23)24)5-6-13(9)18/h1-8H,(H,19,20,22)/b14-8-. The molecule has 1 aliphatic rings. The van der Waals surface area contributed by atoms with Gasteiger partial charge in [-0.1, -0.05) is 27.5 Å². The molecule has 6 nitrogen and oxygen atoms in total. The van der Waals surface area contributed by atoms with Crippen molar-refractivity contribution in [2.45, 2.75) is 0 Å². The summed E-state index contributed by atoms with van der Waals surface area (Å²) in [7, 11) is 0. The quantitative estimate of drug-likeness (QED) is 0.419. The van der Waals surface area contributed by atoms with E-state index in [0.717, 1.165) is 16.2 Å². The smallest absolute Gasteiger partial charge is 0.270 e. The summed E-state index contributed by atoms with van der Waals surface area (Å²) in [6, 6.07) is 11.4. The van der Waals surface area contributed by atoms with Crippen LogP contribution >= 0.6 is 39.3 Å². The molecular formula is C16H9BrClN3O3S. The summed E-state index contributed by atoms with van der Waals surface area (Å²) in [5, 5.41) is 14.3. The fourth-order valence-electron chi connectivity index (χ4n) is 2.01. The molecule has 126 valence electrons. The topological polar surface area (TPSA) is 84.6 Å². The predicted octanol–water partition coefficient (Wildman–Crippen LogP) is 4.90.